The van der Waals surface area contributed by atoms with Gasteiger partial charge in [0.15, 0.2) is 5.82 Å². The zero-order chi connectivity index (χ0) is 29.9. The normalized spacial score (nSPS) is 11.6. The van der Waals surface area contributed by atoms with Crippen LogP contribution in [0.4, 0.5) is 10.1 Å². The summed E-state index contributed by atoms with van der Waals surface area (Å²) in [6, 6.07) is 15.2. The monoisotopic (exact) mass is 574 g/mol. The average molecular weight is 575 g/mol. The van der Waals surface area contributed by atoms with Gasteiger partial charge in [-0.3, -0.25) is 15.1 Å². The molecule has 0 radical (unpaired) electrons. The van der Waals surface area contributed by atoms with E-state index in [0.717, 1.165) is 70.3 Å². The van der Waals surface area contributed by atoms with Crippen LogP contribution >= 0.6 is 0 Å². The number of allylic oxidation sites excluding steroid dienone is 1. The molecule has 0 aliphatic rings. The van der Waals surface area contributed by atoms with E-state index in [0.29, 0.717) is 34.2 Å². The summed E-state index contributed by atoms with van der Waals surface area (Å²) in [7, 11) is 1.92. The molecule has 4 aromatic heterocycles. The van der Waals surface area contributed by atoms with Gasteiger partial charge < -0.3 is 15.6 Å². The lowest BCUT2D eigenvalue weighted by Gasteiger charge is -2.12. The highest BCUT2D eigenvalue weighted by Crippen LogP contribution is 2.33. The molecule has 0 saturated carbocycles. The summed E-state index contributed by atoms with van der Waals surface area (Å²) in [5.41, 5.74) is 9.16. The molecule has 0 fully saturated rings. The summed E-state index contributed by atoms with van der Waals surface area (Å²) in [5, 5.41) is 15.2. The molecular weight excluding hydrogens is 539 g/mol. The van der Waals surface area contributed by atoms with Gasteiger partial charge in [-0.1, -0.05) is 26.5 Å². The Morgan fingerprint density at radius 2 is 1.86 bits per heavy atom. The van der Waals surface area contributed by atoms with Crippen LogP contribution in [0, 0.1) is 11.7 Å². The molecule has 0 spiro atoms. The number of hydrogen-bond acceptors (Lipinski definition) is 6. The van der Waals surface area contributed by atoms with Gasteiger partial charge in [-0.15, -0.1) is 0 Å². The third kappa shape index (κ3) is 6.17. The van der Waals surface area contributed by atoms with E-state index in [1.54, 1.807) is 18.5 Å². The average Bonchev–Trinajstić information content (AvgIpc) is 3.60. The van der Waals surface area contributed by atoms with E-state index in [1.807, 2.05) is 37.5 Å². The first-order valence-corrected chi connectivity index (χ1v) is 14.6. The summed E-state index contributed by atoms with van der Waals surface area (Å²) in [4.78, 5) is 17.4. The van der Waals surface area contributed by atoms with E-state index in [9.17, 15) is 4.39 Å². The highest BCUT2D eigenvalue weighted by molar-refractivity contribution is 5.97. The lowest BCUT2D eigenvalue weighted by molar-refractivity contribution is 0.624. The minimum atomic E-state index is -0.282. The zero-order valence-electron chi connectivity index (χ0n) is 24.6. The Morgan fingerprint density at radius 1 is 0.977 bits per heavy atom. The third-order valence-electron chi connectivity index (χ3n) is 7.36. The van der Waals surface area contributed by atoms with Crippen LogP contribution in [0.15, 0.2) is 79.4 Å². The van der Waals surface area contributed by atoms with Gasteiger partial charge in [0.1, 0.15) is 17.0 Å². The molecule has 43 heavy (non-hydrogen) atoms. The summed E-state index contributed by atoms with van der Waals surface area (Å²) >= 11 is 0. The van der Waals surface area contributed by atoms with Crippen molar-refractivity contribution in [1.82, 2.24) is 35.5 Å². The number of nitrogens with one attached hydrogen (secondary N) is 4. The molecular formula is C34H35FN8. The van der Waals surface area contributed by atoms with Crippen molar-refractivity contribution in [3.8, 4) is 33.9 Å². The molecule has 8 nitrogen and oxygen atoms in total. The summed E-state index contributed by atoms with van der Waals surface area (Å²) in [5.74, 6) is 0.843. The molecule has 0 amide bonds. The van der Waals surface area contributed by atoms with Gasteiger partial charge in [-0.2, -0.15) is 5.10 Å². The van der Waals surface area contributed by atoms with Crippen LogP contribution in [0.25, 0.3) is 55.8 Å². The van der Waals surface area contributed by atoms with E-state index in [2.05, 4.69) is 68.3 Å². The first kappa shape index (κ1) is 28.2. The van der Waals surface area contributed by atoms with Gasteiger partial charge in [0.05, 0.1) is 28.6 Å². The first-order chi connectivity index (χ1) is 20.9. The van der Waals surface area contributed by atoms with E-state index in [-0.39, 0.29) is 5.82 Å². The maximum atomic E-state index is 14.6. The molecule has 9 heteroatoms. The number of aromatic amines is 2. The van der Waals surface area contributed by atoms with Crippen molar-refractivity contribution in [3.63, 3.8) is 0 Å². The minimum absolute atomic E-state index is 0.282. The van der Waals surface area contributed by atoms with Crippen LogP contribution < -0.4 is 10.6 Å². The highest BCUT2D eigenvalue weighted by Gasteiger charge is 2.17. The number of hydrogen-bond donors (Lipinski definition) is 4. The van der Waals surface area contributed by atoms with Crippen LogP contribution in [0.2, 0.25) is 0 Å². The van der Waals surface area contributed by atoms with Crippen LogP contribution in [-0.4, -0.2) is 43.7 Å². The van der Waals surface area contributed by atoms with Crippen LogP contribution in [0.5, 0.6) is 0 Å². The number of pyridine rings is 2. The summed E-state index contributed by atoms with van der Waals surface area (Å²) in [6.45, 7) is 9.36. The Labute approximate surface area is 249 Å². The highest BCUT2D eigenvalue weighted by atomic mass is 19.1. The standard InChI is InChI=1S/C34H35FN8/c1-20(2)12-21(3)39-27-16-25(18-37-19-27)23-7-8-29-28(17-23)32(43-42-29)34-40-30-9-11-38-31(33(30)41-34)24-13-22(6-5-10-36-4)14-26(35)15-24/h7-9,11,13-20,36,39H,3,5-6,10,12H2,1-2,4H3,(H,40,41)(H,42,43). The molecule has 0 atom stereocenters. The molecule has 0 unspecified atom stereocenters. The van der Waals surface area contributed by atoms with Crippen molar-refractivity contribution in [3.05, 3.63) is 90.8 Å². The molecule has 0 saturated heterocycles. The number of imidazole rings is 1. The van der Waals surface area contributed by atoms with Gasteiger partial charge in [-0.05, 0) is 92.4 Å². The van der Waals surface area contributed by atoms with E-state index in [4.69, 9.17) is 4.98 Å². The molecule has 218 valence electrons. The maximum Gasteiger partial charge on any atom is 0.159 e. The van der Waals surface area contributed by atoms with Crippen molar-refractivity contribution in [2.45, 2.75) is 33.1 Å². The fraction of sp³-hybridized carbons (Fsp3) is 0.235. The number of fused-ring (bicyclic) bond motifs is 2. The largest absolute Gasteiger partial charge is 0.358 e. The molecule has 6 aromatic rings. The van der Waals surface area contributed by atoms with Crippen molar-refractivity contribution >= 4 is 27.6 Å². The second kappa shape index (κ2) is 12.1. The second-order valence-corrected chi connectivity index (χ2v) is 11.3. The van der Waals surface area contributed by atoms with E-state index >= 15 is 0 Å². The predicted octanol–water partition coefficient (Wildman–Crippen LogP) is 7.49. The summed E-state index contributed by atoms with van der Waals surface area (Å²) in [6.07, 6.45) is 7.96. The fourth-order valence-corrected chi connectivity index (χ4v) is 5.45. The van der Waals surface area contributed by atoms with E-state index in [1.165, 1.54) is 6.07 Å². The first-order valence-electron chi connectivity index (χ1n) is 14.6. The Morgan fingerprint density at radius 3 is 2.70 bits per heavy atom. The molecule has 0 aliphatic carbocycles. The molecule has 6 rings (SSSR count). The number of aromatic nitrogens is 6. The van der Waals surface area contributed by atoms with Crippen LogP contribution in [0.3, 0.4) is 0 Å². The number of aryl methyl sites for hydroxylation is 1. The third-order valence-corrected chi connectivity index (χ3v) is 7.36. The molecule has 0 bridgehead atoms. The molecule has 2 aromatic carbocycles. The van der Waals surface area contributed by atoms with Crippen molar-refractivity contribution in [2.24, 2.45) is 5.92 Å². The molecule has 4 N–H and O–H groups in total. The minimum Gasteiger partial charge on any atom is -0.358 e. The van der Waals surface area contributed by atoms with E-state index < -0.39 is 0 Å². The maximum absolute atomic E-state index is 14.6. The Hall–Kier alpha value is -4.89. The lowest BCUT2D eigenvalue weighted by Crippen LogP contribution is -2.08. The van der Waals surface area contributed by atoms with Crippen molar-refractivity contribution < 1.29 is 4.39 Å². The summed E-state index contributed by atoms with van der Waals surface area (Å²) < 4.78 is 14.6. The molecule has 4 heterocycles. The van der Waals surface area contributed by atoms with Crippen LogP contribution in [-0.2, 0) is 6.42 Å². The zero-order valence-corrected chi connectivity index (χ0v) is 24.6. The van der Waals surface area contributed by atoms with Crippen LogP contribution in [0.1, 0.15) is 32.3 Å². The fourth-order valence-electron chi connectivity index (χ4n) is 5.45. The number of halogens is 1. The SMILES string of the molecule is C=C(CC(C)C)Nc1cncc(-c2ccc3[nH]nc(-c4nc5c(-c6cc(F)cc(CCCNC)c6)nccc5[nH]4)c3c2)c1. The van der Waals surface area contributed by atoms with Crippen molar-refractivity contribution in [1.29, 1.82) is 0 Å². The topological polar surface area (TPSA) is 107 Å². The lowest BCUT2D eigenvalue weighted by atomic mass is 10.0. The number of benzene rings is 2. The number of rotatable bonds is 11. The van der Waals surface area contributed by atoms with Crippen molar-refractivity contribution in [2.75, 3.05) is 18.9 Å². The van der Waals surface area contributed by atoms with Gasteiger partial charge in [-0.25, -0.2) is 9.37 Å². The number of anilines is 1. The predicted molar refractivity (Wildman–Crippen MR) is 172 cm³/mol. The Bertz CT molecular complexity index is 1920. The van der Waals surface area contributed by atoms with Gasteiger partial charge in [0.25, 0.3) is 0 Å². The Balaban J connectivity index is 1.35. The quantitative estimate of drug-likeness (QED) is 0.119. The van der Waals surface area contributed by atoms with Gasteiger partial charge in [0.2, 0.25) is 0 Å². The Kier molecular flexibility index (Phi) is 7.98. The van der Waals surface area contributed by atoms with Gasteiger partial charge >= 0.3 is 0 Å². The molecule has 0 aliphatic heterocycles. The number of H-pyrrole nitrogens is 2. The number of nitrogens with zero attached hydrogens (tertiary/aromatic N) is 4. The smallest absolute Gasteiger partial charge is 0.159 e. The van der Waals surface area contributed by atoms with Gasteiger partial charge in [0, 0.05) is 34.6 Å². The second-order valence-electron chi connectivity index (χ2n) is 11.3.